The van der Waals surface area contributed by atoms with Crippen molar-refractivity contribution in [2.45, 2.75) is 95.4 Å². The smallest absolute Gasteiger partial charge is 0.508 e. The maximum absolute atomic E-state index is 12.3. The van der Waals surface area contributed by atoms with E-state index in [1.165, 1.54) is 23.8 Å². The van der Waals surface area contributed by atoms with Gasteiger partial charge in [-0.3, -0.25) is 24.0 Å². The number of ketones is 3. The minimum absolute atomic E-state index is 0.0170. The molecule has 0 aromatic heterocycles. The van der Waals surface area contributed by atoms with Crippen molar-refractivity contribution in [3.05, 3.63) is 174 Å². The van der Waals surface area contributed by atoms with Crippen LogP contribution in [0.3, 0.4) is 0 Å². The largest absolute Gasteiger partial charge is 0.561 e. The second kappa shape index (κ2) is 27.0. The van der Waals surface area contributed by atoms with Gasteiger partial charge in [0.2, 0.25) is 0 Å². The second-order valence-corrected chi connectivity index (χ2v) is 19.9. The van der Waals surface area contributed by atoms with Crippen molar-refractivity contribution in [3.63, 3.8) is 0 Å². The van der Waals surface area contributed by atoms with Gasteiger partial charge in [-0.05, 0) is 127 Å². The molecule has 3 heterocycles. The fraction of sp³-hybridized carbons (Fsp3) is 0.410. The number of phenols is 3. The van der Waals surface area contributed by atoms with Gasteiger partial charge < -0.3 is 48.5 Å². The Kier molecular flexibility index (Phi) is 20.5. The first-order valence-corrected chi connectivity index (χ1v) is 25.7. The van der Waals surface area contributed by atoms with Gasteiger partial charge >= 0.3 is 12.1 Å². The monoisotopic (exact) mass is 1060 g/mol. The van der Waals surface area contributed by atoms with E-state index in [9.17, 15) is 39.3 Å². The number of allylic oxidation sites excluding steroid dienone is 4. The Hall–Kier alpha value is -7.58. The third kappa shape index (κ3) is 14.5. The fourth-order valence-corrected chi connectivity index (χ4v) is 10.7. The van der Waals surface area contributed by atoms with E-state index in [1.807, 2.05) is 55.5 Å². The molecule has 3 aliphatic carbocycles. The van der Waals surface area contributed by atoms with E-state index in [2.05, 4.69) is 43.2 Å². The molecule has 3 N–H and O–H groups in total. The highest BCUT2D eigenvalue weighted by molar-refractivity contribution is 6.06. The number of ether oxygens (including phenoxy) is 7. The SMILES string of the molecule is C=CCOC(=O)[C@@H]1C[C@]2([C@@H](C)Cc3ccc(O)cc3)OCOC2=CC1=O.C=CC[C@H]1C[C@]2([C@@H](C)Cc3ccc(O)cc3)OCCC2=CC1=O.C[C@@H](Cc1ccc(O)cc1)[C@]12CCC(=O)C=C1OCO2.[C-]#[N+]C(=O)OCC=C. The van der Waals surface area contributed by atoms with Crippen molar-refractivity contribution in [1.29, 1.82) is 0 Å². The zero-order valence-corrected chi connectivity index (χ0v) is 44.0. The summed E-state index contributed by atoms with van der Waals surface area (Å²) >= 11 is 0. The number of phenolic OH excluding ortho intramolecular Hbond substituents is 3. The number of nitrogens with zero attached hydrogens (tertiary/aromatic N) is 1. The molecule has 3 aromatic rings. The van der Waals surface area contributed by atoms with Gasteiger partial charge in [0.1, 0.15) is 59.1 Å². The highest BCUT2D eigenvalue weighted by atomic mass is 16.7. The number of esters is 1. The van der Waals surface area contributed by atoms with Crippen molar-refractivity contribution in [2.24, 2.45) is 29.6 Å². The Morgan fingerprint density at radius 3 is 1.66 bits per heavy atom. The molecule has 408 valence electrons. The number of fused-ring (bicyclic) bond motifs is 3. The highest BCUT2D eigenvalue weighted by Crippen LogP contribution is 2.49. The van der Waals surface area contributed by atoms with E-state index >= 15 is 0 Å². The summed E-state index contributed by atoms with van der Waals surface area (Å²) in [6, 6.07) is 21.5. The predicted octanol–water partition coefficient (Wildman–Crippen LogP) is 10.1. The summed E-state index contributed by atoms with van der Waals surface area (Å²) in [5.41, 5.74) is 2.86. The van der Waals surface area contributed by atoms with Crippen LogP contribution in [0.15, 0.2) is 146 Å². The van der Waals surface area contributed by atoms with E-state index in [1.54, 1.807) is 42.5 Å². The van der Waals surface area contributed by atoms with Crippen LogP contribution >= 0.6 is 0 Å². The first-order valence-electron chi connectivity index (χ1n) is 25.7. The van der Waals surface area contributed by atoms with Crippen molar-refractivity contribution < 1.29 is 72.5 Å². The van der Waals surface area contributed by atoms with Crippen LogP contribution < -0.4 is 0 Å². The summed E-state index contributed by atoms with van der Waals surface area (Å²) in [6.45, 7) is 24.1. The Balaban J connectivity index is 0.000000176. The topological polar surface area (TPSA) is 215 Å². The predicted molar refractivity (Wildman–Crippen MR) is 285 cm³/mol. The molecule has 0 saturated carbocycles. The molecule has 8 atom stereocenters. The van der Waals surface area contributed by atoms with Crippen LogP contribution in [0.1, 0.15) is 76.0 Å². The molecule has 0 unspecified atom stereocenters. The molecule has 6 aliphatic rings. The molecule has 1 amide bonds. The van der Waals surface area contributed by atoms with Crippen LogP contribution in [-0.4, -0.2) is 94.9 Å². The number of hydrogen-bond acceptors (Lipinski definition) is 15. The molecule has 9 rings (SSSR count). The van der Waals surface area contributed by atoms with Gasteiger partial charge in [0.15, 0.2) is 30.9 Å². The normalized spacial score (nSPS) is 24.7. The molecule has 0 radical (unpaired) electrons. The lowest BCUT2D eigenvalue weighted by Gasteiger charge is -2.41. The average molecular weight is 1060 g/mol. The molecule has 3 aromatic carbocycles. The van der Waals surface area contributed by atoms with Crippen LogP contribution in [0.25, 0.3) is 4.85 Å². The number of amides is 1. The van der Waals surface area contributed by atoms with Crippen molar-refractivity contribution in [2.75, 3.05) is 33.4 Å². The number of carbonyl (C=O) groups excluding carboxylic acids is 5. The third-order valence-electron chi connectivity index (χ3n) is 14.9. The Morgan fingerprint density at radius 2 is 1.14 bits per heavy atom. The number of aromatic hydroxyl groups is 3. The number of carbonyl (C=O) groups is 5. The minimum atomic E-state index is -0.914. The molecule has 3 saturated heterocycles. The average Bonchev–Trinajstić information content (AvgIpc) is 4.20. The zero-order valence-electron chi connectivity index (χ0n) is 44.0. The Bertz CT molecular complexity index is 2750. The minimum Gasteiger partial charge on any atom is -0.508 e. The first-order chi connectivity index (χ1) is 36.9. The summed E-state index contributed by atoms with van der Waals surface area (Å²) in [5, 5.41) is 28.2. The van der Waals surface area contributed by atoms with Crippen LogP contribution in [0.2, 0.25) is 0 Å². The summed E-state index contributed by atoms with van der Waals surface area (Å²) in [5.74, 6) is 0.837. The van der Waals surface area contributed by atoms with Crippen molar-refractivity contribution in [3.8, 4) is 17.2 Å². The maximum atomic E-state index is 12.3. The van der Waals surface area contributed by atoms with Crippen LogP contribution in [0.4, 0.5) is 4.79 Å². The van der Waals surface area contributed by atoms with E-state index < -0.39 is 29.2 Å². The van der Waals surface area contributed by atoms with Crippen molar-refractivity contribution in [1.82, 2.24) is 0 Å². The summed E-state index contributed by atoms with van der Waals surface area (Å²) in [4.78, 5) is 60.8. The lowest BCUT2D eigenvalue weighted by Crippen LogP contribution is -2.47. The van der Waals surface area contributed by atoms with Gasteiger partial charge in [0, 0.05) is 30.9 Å². The number of hydrogen-bond donors (Lipinski definition) is 3. The van der Waals surface area contributed by atoms with Gasteiger partial charge in [-0.25, -0.2) is 0 Å². The highest BCUT2D eigenvalue weighted by Gasteiger charge is 2.54. The van der Waals surface area contributed by atoms with Crippen LogP contribution in [0.5, 0.6) is 17.2 Å². The van der Waals surface area contributed by atoms with E-state index in [0.717, 1.165) is 42.4 Å². The lowest BCUT2D eigenvalue weighted by atomic mass is 9.68. The molecular weight excluding hydrogens is 987 g/mol. The molecule has 16 heteroatoms. The third-order valence-corrected chi connectivity index (χ3v) is 14.9. The van der Waals surface area contributed by atoms with Crippen LogP contribution in [0, 0.1) is 36.2 Å². The molecule has 3 fully saturated rings. The zero-order chi connectivity index (χ0) is 55.8. The quantitative estimate of drug-likeness (QED) is 0.0527. The van der Waals surface area contributed by atoms with Gasteiger partial charge in [-0.1, -0.05) is 88.6 Å². The molecular formula is C61H69NO15. The summed E-state index contributed by atoms with van der Waals surface area (Å²) in [7, 11) is 0. The lowest BCUT2D eigenvalue weighted by molar-refractivity contribution is -0.154. The van der Waals surface area contributed by atoms with Crippen LogP contribution in [-0.2, 0) is 71.6 Å². The molecule has 0 bridgehead atoms. The molecule has 77 heavy (non-hydrogen) atoms. The van der Waals surface area contributed by atoms with Gasteiger partial charge in [-0.2, -0.15) is 4.85 Å². The first kappa shape index (κ1) is 58.7. The van der Waals surface area contributed by atoms with Gasteiger partial charge in [0.05, 0.1) is 18.8 Å². The standard InChI is InChI=1S/C20H22O6.C20H24O3.C16H18O4.C5H5NO2/c1-3-8-24-19(23)16-11-20(18(10-17(16)22)25-12-26-20)13(2)9-14-4-6-15(21)7-5-14;1-3-4-16-13-20(17(9-10-23-20)12-19(16)22)14(2)11-15-5-7-18(21)8-6-15;1-11(8-12-2-4-13(17)5-3-12)16-7-6-14(18)9-15(16)19-10-20-16;1-3-4-8-5(7)6-2/h3-7,10,13,16,21H,1,8-9,11-12H2,2H3;3,5-8,12,14,16,21H,1,4,9-11,13H2,2H3;2-5,9,11,17H,6-8,10H2,1H3;3H,1,4H2/t13-,16+,20+;14-,16-,20+;11-,16+;/m000./s1. The van der Waals surface area contributed by atoms with E-state index in [0.29, 0.717) is 43.8 Å². The van der Waals surface area contributed by atoms with Gasteiger partial charge in [0.25, 0.3) is 0 Å². The van der Waals surface area contributed by atoms with E-state index in [-0.39, 0.29) is 97.1 Å². The molecule has 3 aliphatic heterocycles. The van der Waals surface area contributed by atoms with Crippen molar-refractivity contribution >= 4 is 29.4 Å². The fourth-order valence-electron chi connectivity index (χ4n) is 10.7. The Morgan fingerprint density at radius 1 is 0.649 bits per heavy atom. The maximum Gasteiger partial charge on any atom is 0.561 e. The van der Waals surface area contributed by atoms with E-state index in [4.69, 9.17) is 35.0 Å². The Labute approximate surface area is 450 Å². The summed E-state index contributed by atoms with van der Waals surface area (Å²) in [6.07, 6.45) is 14.6. The number of rotatable bonds is 16. The molecule has 16 nitrogen and oxygen atoms in total. The number of benzene rings is 3. The summed E-state index contributed by atoms with van der Waals surface area (Å²) < 4.78 is 38.3. The van der Waals surface area contributed by atoms with Gasteiger partial charge in [-0.15, -0.1) is 6.58 Å². The molecule has 0 spiro atoms. The second-order valence-electron chi connectivity index (χ2n) is 19.9.